The Kier molecular flexibility index (Phi) is 24.5. The van der Waals surface area contributed by atoms with Gasteiger partial charge in [-0.15, -0.1) is 0 Å². The standard InChI is InChI=1S/C36H74O9/c1-5-33(23-37,24-38)19-15-11-9-13-17-31(21-35(7-3,27-41)28-42)45-32(22-36(8-4,29-43)30-44)18-14-10-12-16-20-34(6-2,25-39)26-40/h31-32,37-44H,5-30H2,1-4H3. The molecular formula is C36H74O9. The second-order valence-electron chi connectivity index (χ2n) is 14.4. The normalized spacial score (nSPS) is 14.7. The summed E-state index contributed by atoms with van der Waals surface area (Å²) < 4.78 is 6.82. The third-order valence-corrected chi connectivity index (χ3v) is 11.4. The van der Waals surface area contributed by atoms with E-state index in [4.69, 9.17) is 4.74 Å². The number of unbranched alkanes of at least 4 members (excludes halogenated alkanes) is 6. The van der Waals surface area contributed by atoms with Crippen LogP contribution in [-0.2, 0) is 4.74 Å². The molecule has 9 heteroatoms. The van der Waals surface area contributed by atoms with Gasteiger partial charge in [0.1, 0.15) is 0 Å². The van der Waals surface area contributed by atoms with Gasteiger partial charge in [-0.1, -0.05) is 79.1 Å². The Morgan fingerprint density at radius 3 is 0.889 bits per heavy atom. The first-order valence-corrected chi connectivity index (χ1v) is 18.1. The van der Waals surface area contributed by atoms with Crippen LogP contribution in [0.5, 0.6) is 0 Å². The van der Waals surface area contributed by atoms with Gasteiger partial charge in [-0.3, -0.25) is 0 Å². The van der Waals surface area contributed by atoms with Gasteiger partial charge < -0.3 is 45.6 Å². The molecule has 0 aliphatic carbocycles. The minimum absolute atomic E-state index is 0.00943. The molecule has 8 N–H and O–H groups in total. The molecule has 0 rings (SSSR count). The summed E-state index contributed by atoms with van der Waals surface area (Å²) in [5, 5.41) is 79.9. The fraction of sp³-hybridized carbons (Fsp3) is 1.00. The van der Waals surface area contributed by atoms with Crippen molar-refractivity contribution in [2.45, 2.75) is 155 Å². The first-order chi connectivity index (χ1) is 21.6. The highest BCUT2D eigenvalue weighted by Gasteiger charge is 2.35. The molecule has 0 amide bonds. The van der Waals surface area contributed by atoms with Gasteiger partial charge >= 0.3 is 0 Å². The van der Waals surface area contributed by atoms with Crippen molar-refractivity contribution >= 4 is 0 Å². The Bertz CT molecular complexity index is 584. The molecule has 2 atom stereocenters. The van der Waals surface area contributed by atoms with Gasteiger partial charge in [0.25, 0.3) is 0 Å². The zero-order valence-corrected chi connectivity index (χ0v) is 29.5. The average Bonchev–Trinajstić information content (AvgIpc) is 3.09. The molecule has 0 saturated carbocycles. The van der Waals surface area contributed by atoms with Crippen LogP contribution in [0.15, 0.2) is 0 Å². The zero-order valence-electron chi connectivity index (χ0n) is 29.5. The van der Waals surface area contributed by atoms with Crippen molar-refractivity contribution in [2.24, 2.45) is 21.7 Å². The van der Waals surface area contributed by atoms with Crippen LogP contribution in [0.3, 0.4) is 0 Å². The van der Waals surface area contributed by atoms with Crippen molar-refractivity contribution in [3.05, 3.63) is 0 Å². The molecule has 45 heavy (non-hydrogen) atoms. The van der Waals surface area contributed by atoms with E-state index >= 15 is 0 Å². The highest BCUT2D eigenvalue weighted by Crippen LogP contribution is 2.36. The van der Waals surface area contributed by atoms with Gasteiger partial charge in [0.15, 0.2) is 0 Å². The Morgan fingerprint density at radius 1 is 0.378 bits per heavy atom. The van der Waals surface area contributed by atoms with Crippen molar-refractivity contribution in [1.29, 1.82) is 0 Å². The molecule has 0 aliphatic heterocycles. The van der Waals surface area contributed by atoms with Crippen LogP contribution in [0, 0.1) is 21.7 Å². The van der Waals surface area contributed by atoms with Crippen LogP contribution in [0.4, 0.5) is 0 Å². The first-order valence-electron chi connectivity index (χ1n) is 18.1. The smallest absolute Gasteiger partial charge is 0.0586 e. The number of hydrogen-bond donors (Lipinski definition) is 8. The van der Waals surface area contributed by atoms with Gasteiger partial charge in [0.2, 0.25) is 0 Å². The maximum atomic E-state index is 10.2. The second kappa shape index (κ2) is 24.7. The minimum Gasteiger partial charge on any atom is -0.396 e. The van der Waals surface area contributed by atoms with E-state index in [0.717, 1.165) is 89.9 Å². The number of rotatable bonds is 32. The molecule has 0 spiro atoms. The third kappa shape index (κ3) is 15.6. The predicted octanol–water partition coefficient (Wildman–Crippen LogP) is 4.73. The molecule has 0 aliphatic rings. The van der Waals surface area contributed by atoms with Crippen LogP contribution < -0.4 is 0 Å². The van der Waals surface area contributed by atoms with Gasteiger partial charge in [-0.25, -0.2) is 0 Å². The van der Waals surface area contributed by atoms with Crippen LogP contribution in [-0.4, -0.2) is 106 Å². The van der Waals surface area contributed by atoms with Gasteiger partial charge in [0.05, 0.1) is 65.1 Å². The summed E-state index contributed by atoms with van der Waals surface area (Å²) in [4.78, 5) is 0. The lowest BCUT2D eigenvalue weighted by atomic mass is 9.79. The van der Waals surface area contributed by atoms with Crippen LogP contribution in [0.2, 0.25) is 0 Å². The van der Waals surface area contributed by atoms with Crippen LogP contribution >= 0.6 is 0 Å². The molecule has 0 saturated heterocycles. The summed E-state index contributed by atoms with van der Waals surface area (Å²) in [5.74, 6) is 0. The van der Waals surface area contributed by atoms with Crippen molar-refractivity contribution in [2.75, 3.05) is 52.9 Å². The Balaban J connectivity index is 5.53. The lowest BCUT2D eigenvalue weighted by Gasteiger charge is -2.37. The SMILES string of the molecule is CCC(CO)(CO)CCCCCCC(CC(CC)(CO)CO)OC(CCCCCCC(CC)(CO)CO)CC(CC)(CO)CO. The summed E-state index contributed by atoms with van der Waals surface area (Å²) in [7, 11) is 0. The summed E-state index contributed by atoms with van der Waals surface area (Å²) in [6, 6.07) is 0. The van der Waals surface area contributed by atoms with E-state index in [0.29, 0.717) is 25.7 Å². The van der Waals surface area contributed by atoms with E-state index in [9.17, 15) is 40.9 Å². The molecule has 0 heterocycles. The average molecular weight is 651 g/mol. The predicted molar refractivity (Wildman–Crippen MR) is 181 cm³/mol. The van der Waals surface area contributed by atoms with Crippen LogP contribution in [0.1, 0.15) is 143 Å². The van der Waals surface area contributed by atoms with Gasteiger partial charge in [-0.2, -0.15) is 0 Å². The minimum atomic E-state index is -0.640. The van der Waals surface area contributed by atoms with E-state index in [1.165, 1.54) is 0 Å². The fourth-order valence-electron chi connectivity index (χ4n) is 6.44. The number of aliphatic hydroxyl groups is 8. The monoisotopic (exact) mass is 651 g/mol. The summed E-state index contributed by atoms with van der Waals surface area (Å²) in [5.41, 5.74) is -2.11. The Morgan fingerprint density at radius 2 is 0.644 bits per heavy atom. The Hall–Kier alpha value is -0.360. The highest BCUT2D eigenvalue weighted by atomic mass is 16.5. The highest BCUT2D eigenvalue weighted by molar-refractivity contribution is 4.85. The maximum absolute atomic E-state index is 10.2. The zero-order chi connectivity index (χ0) is 34.2. The molecule has 0 aromatic heterocycles. The summed E-state index contributed by atoms with van der Waals surface area (Å²) in [6.07, 6.45) is 14.1. The maximum Gasteiger partial charge on any atom is 0.0586 e. The number of aliphatic hydroxyl groups excluding tert-OH is 8. The fourth-order valence-corrected chi connectivity index (χ4v) is 6.44. The van der Waals surface area contributed by atoms with Crippen LogP contribution in [0.25, 0.3) is 0 Å². The molecule has 2 unspecified atom stereocenters. The summed E-state index contributed by atoms with van der Waals surface area (Å²) >= 11 is 0. The quantitative estimate of drug-likeness (QED) is 0.0480. The second-order valence-corrected chi connectivity index (χ2v) is 14.4. The van der Waals surface area contributed by atoms with E-state index in [-0.39, 0.29) is 65.1 Å². The molecule has 9 nitrogen and oxygen atoms in total. The van der Waals surface area contributed by atoms with E-state index in [2.05, 4.69) is 0 Å². The summed E-state index contributed by atoms with van der Waals surface area (Å²) in [6.45, 7) is 7.41. The van der Waals surface area contributed by atoms with Gasteiger partial charge in [-0.05, 0) is 64.2 Å². The molecule has 0 aromatic rings. The lowest BCUT2D eigenvalue weighted by molar-refractivity contribution is -0.0919. The largest absolute Gasteiger partial charge is 0.396 e. The molecule has 0 fully saturated rings. The topological polar surface area (TPSA) is 171 Å². The molecule has 0 bridgehead atoms. The molecular weight excluding hydrogens is 576 g/mol. The molecule has 0 radical (unpaired) electrons. The van der Waals surface area contributed by atoms with Crippen molar-refractivity contribution in [3.63, 3.8) is 0 Å². The van der Waals surface area contributed by atoms with Crippen molar-refractivity contribution in [1.82, 2.24) is 0 Å². The van der Waals surface area contributed by atoms with E-state index in [1.54, 1.807) is 0 Å². The number of ether oxygens (including phenoxy) is 1. The third-order valence-electron chi connectivity index (χ3n) is 11.4. The van der Waals surface area contributed by atoms with Gasteiger partial charge in [0, 0.05) is 21.7 Å². The van der Waals surface area contributed by atoms with Crippen molar-refractivity contribution in [3.8, 4) is 0 Å². The first kappa shape index (κ1) is 44.6. The molecule has 0 aromatic carbocycles. The lowest BCUT2D eigenvalue weighted by Crippen LogP contribution is -2.39. The Labute approximate surface area is 275 Å². The van der Waals surface area contributed by atoms with E-state index in [1.807, 2.05) is 27.7 Å². The molecule has 272 valence electrons. The number of hydrogen-bond acceptors (Lipinski definition) is 9. The van der Waals surface area contributed by atoms with E-state index < -0.39 is 21.7 Å². The van der Waals surface area contributed by atoms with Crippen molar-refractivity contribution < 1.29 is 45.6 Å².